The summed E-state index contributed by atoms with van der Waals surface area (Å²) < 4.78 is 0. The minimum atomic E-state index is -3.95. The van der Waals surface area contributed by atoms with E-state index in [0.717, 1.165) is 35.7 Å². The van der Waals surface area contributed by atoms with Crippen molar-refractivity contribution >= 4 is 35.1 Å². The second-order valence-corrected chi connectivity index (χ2v) is 9.48. The SMILES string of the molecule is Clc1ccc(CC2CCCN2)cc1.O=C(O)C(O)(C(=O)c1ccccc1)C(O)(C(=O)O)C(=O)c1ccccc1. The number of carboxylic acid groups (broad SMARTS) is 2. The number of benzene rings is 3. The van der Waals surface area contributed by atoms with Crippen LogP contribution >= 0.6 is 11.6 Å². The summed E-state index contributed by atoms with van der Waals surface area (Å²) in [5.41, 5.74) is -7.31. The van der Waals surface area contributed by atoms with Crippen molar-refractivity contribution in [1.82, 2.24) is 5.32 Å². The molecule has 3 unspecified atom stereocenters. The van der Waals surface area contributed by atoms with Gasteiger partial charge >= 0.3 is 11.9 Å². The maximum absolute atomic E-state index is 12.6. The van der Waals surface area contributed by atoms with Crippen LogP contribution in [0.4, 0.5) is 0 Å². The molecular formula is C29H28ClNO8. The molecule has 3 aromatic carbocycles. The lowest BCUT2D eigenvalue weighted by atomic mass is 9.73. The van der Waals surface area contributed by atoms with Crippen molar-refractivity contribution in [3.05, 3.63) is 107 Å². The van der Waals surface area contributed by atoms with E-state index in [1.54, 1.807) is 0 Å². The molecule has 0 aromatic heterocycles. The number of aliphatic hydroxyl groups is 2. The molecule has 5 N–H and O–H groups in total. The summed E-state index contributed by atoms with van der Waals surface area (Å²) in [6.07, 6.45) is 3.76. The van der Waals surface area contributed by atoms with E-state index in [-0.39, 0.29) is 0 Å². The zero-order chi connectivity index (χ0) is 28.6. The van der Waals surface area contributed by atoms with Crippen molar-refractivity contribution in [2.24, 2.45) is 0 Å². The molecule has 39 heavy (non-hydrogen) atoms. The number of rotatable bonds is 9. The molecule has 0 spiro atoms. The van der Waals surface area contributed by atoms with Gasteiger partial charge in [0.2, 0.25) is 11.6 Å². The first-order valence-corrected chi connectivity index (χ1v) is 12.5. The third-order valence-electron chi connectivity index (χ3n) is 6.43. The molecule has 0 radical (unpaired) electrons. The largest absolute Gasteiger partial charge is 0.479 e. The van der Waals surface area contributed by atoms with Gasteiger partial charge in [0.15, 0.2) is 0 Å². The summed E-state index contributed by atoms with van der Waals surface area (Å²) in [5, 5.41) is 44.2. The quantitative estimate of drug-likeness (QED) is 0.198. The van der Waals surface area contributed by atoms with Gasteiger partial charge in [0.1, 0.15) is 0 Å². The minimum Gasteiger partial charge on any atom is -0.479 e. The molecule has 4 rings (SSSR count). The predicted molar refractivity (Wildman–Crippen MR) is 143 cm³/mol. The number of Topliss-reactive ketones (excluding diaryl/α,β-unsaturated/α-hetero) is 2. The third-order valence-corrected chi connectivity index (χ3v) is 6.68. The Morgan fingerprint density at radius 1 is 0.744 bits per heavy atom. The fraction of sp³-hybridized carbons (Fsp3) is 0.241. The fourth-order valence-corrected chi connectivity index (χ4v) is 4.39. The lowest BCUT2D eigenvalue weighted by Crippen LogP contribution is -2.71. The van der Waals surface area contributed by atoms with E-state index >= 15 is 0 Å². The minimum absolute atomic E-state index is 0.391. The first-order valence-electron chi connectivity index (χ1n) is 12.1. The van der Waals surface area contributed by atoms with Crippen LogP contribution < -0.4 is 5.32 Å². The van der Waals surface area contributed by atoms with Crippen LogP contribution in [0.2, 0.25) is 5.02 Å². The lowest BCUT2D eigenvalue weighted by Gasteiger charge is -2.34. The monoisotopic (exact) mass is 553 g/mol. The smallest absolute Gasteiger partial charge is 0.348 e. The molecule has 0 aliphatic carbocycles. The normalized spacial score (nSPS) is 17.6. The number of aliphatic carboxylic acids is 2. The van der Waals surface area contributed by atoms with Crippen LogP contribution in [0.3, 0.4) is 0 Å². The first-order chi connectivity index (χ1) is 18.5. The van der Waals surface area contributed by atoms with Crippen LogP contribution in [0.5, 0.6) is 0 Å². The van der Waals surface area contributed by atoms with Gasteiger partial charge in [-0.1, -0.05) is 84.4 Å². The fourth-order valence-electron chi connectivity index (χ4n) is 4.27. The molecule has 0 amide bonds. The number of carbonyl (C=O) groups is 4. The number of hydrogen-bond donors (Lipinski definition) is 5. The topological polar surface area (TPSA) is 161 Å². The van der Waals surface area contributed by atoms with Gasteiger partial charge in [-0.2, -0.15) is 0 Å². The standard InChI is InChI=1S/C18H14O8.C11H14ClN/c19-13(11-7-3-1-4-8-11)17(25,15(21)22)18(26,16(23)24)14(20)12-9-5-2-6-10-12;12-10-5-3-9(4-6-10)8-11-2-1-7-13-11/h1-10,25-26H,(H,21,22)(H,23,24);3-6,11,13H,1-2,7-8H2. The summed E-state index contributed by atoms with van der Waals surface area (Å²) in [6, 6.07) is 21.7. The van der Waals surface area contributed by atoms with Crippen LogP contribution in [0.25, 0.3) is 0 Å². The number of carbonyl (C=O) groups excluding carboxylic acids is 2. The highest BCUT2D eigenvalue weighted by Crippen LogP contribution is 2.31. The average molecular weight is 554 g/mol. The van der Waals surface area contributed by atoms with Crippen LogP contribution in [0, 0.1) is 0 Å². The van der Waals surface area contributed by atoms with E-state index in [1.165, 1.54) is 61.3 Å². The molecule has 10 heteroatoms. The molecule has 0 bridgehead atoms. The van der Waals surface area contributed by atoms with Gasteiger partial charge < -0.3 is 25.7 Å². The van der Waals surface area contributed by atoms with Crippen molar-refractivity contribution in [3.8, 4) is 0 Å². The van der Waals surface area contributed by atoms with E-state index < -0.39 is 45.8 Å². The Kier molecular flexibility index (Phi) is 9.71. The highest BCUT2D eigenvalue weighted by molar-refractivity contribution is 6.30. The van der Waals surface area contributed by atoms with Crippen molar-refractivity contribution < 1.29 is 39.6 Å². The van der Waals surface area contributed by atoms with Gasteiger partial charge in [-0.25, -0.2) is 9.59 Å². The number of halogens is 1. The highest BCUT2D eigenvalue weighted by Gasteiger charge is 2.69. The Morgan fingerprint density at radius 3 is 1.54 bits per heavy atom. The van der Waals surface area contributed by atoms with Crippen molar-refractivity contribution in [2.45, 2.75) is 36.5 Å². The van der Waals surface area contributed by atoms with E-state index in [0.29, 0.717) is 6.04 Å². The summed E-state index contributed by atoms with van der Waals surface area (Å²) in [7, 11) is 0. The lowest BCUT2D eigenvalue weighted by molar-refractivity contribution is -0.187. The van der Waals surface area contributed by atoms with Crippen LogP contribution in [-0.4, -0.2) is 67.7 Å². The van der Waals surface area contributed by atoms with E-state index in [4.69, 9.17) is 11.6 Å². The predicted octanol–water partition coefficient (Wildman–Crippen LogP) is 3.02. The Balaban J connectivity index is 0.000000268. The Labute approximate surface area is 229 Å². The second kappa shape index (κ2) is 12.8. The molecule has 1 aliphatic rings. The van der Waals surface area contributed by atoms with Gasteiger partial charge in [0, 0.05) is 22.2 Å². The number of ketones is 2. The summed E-state index contributed by atoms with van der Waals surface area (Å²) in [5.74, 6) is -8.03. The molecule has 1 aliphatic heterocycles. The van der Waals surface area contributed by atoms with Crippen molar-refractivity contribution in [1.29, 1.82) is 0 Å². The van der Waals surface area contributed by atoms with E-state index in [1.807, 2.05) is 12.1 Å². The second-order valence-electron chi connectivity index (χ2n) is 9.05. The van der Waals surface area contributed by atoms with Crippen molar-refractivity contribution in [3.63, 3.8) is 0 Å². The molecule has 3 aromatic rings. The van der Waals surface area contributed by atoms with Crippen molar-refractivity contribution in [2.75, 3.05) is 6.54 Å². The van der Waals surface area contributed by atoms with Crippen LogP contribution in [0.15, 0.2) is 84.9 Å². The summed E-state index contributed by atoms with van der Waals surface area (Å²) in [6.45, 7) is 1.18. The Bertz CT molecular complexity index is 1240. The molecule has 1 heterocycles. The zero-order valence-electron chi connectivity index (χ0n) is 20.8. The number of nitrogens with one attached hydrogen (secondary N) is 1. The molecule has 0 saturated carbocycles. The Morgan fingerprint density at radius 2 is 1.18 bits per heavy atom. The molecular weight excluding hydrogens is 526 g/mol. The molecule has 3 atom stereocenters. The number of carboxylic acids is 2. The van der Waals surface area contributed by atoms with Gasteiger partial charge in [-0.05, 0) is 43.5 Å². The van der Waals surface area contributed by atoms with Gasteiger partial charge in [0.05, 0.1) is 0 Å². The molecule has 204 valence electrons. The van der Waals surface area contributed by atoms with Crippen LogP contribution in [0.1, 0.15) is 39.1 Å². The number of hydrogen-bond acceptors (Lipinski definition) is 7. The highest BCUT2D eigenvalue weighted by atomic mass is 35.5. The molecule has 1 saturated heterocycles. The van der Waals surface area contributed by atoms with Gasteiger partial charge in [-0.15, -0.1) is 0 Å². The third kappa shape index (κ3) is 6.40. The average Bonchev–Trinajstić information content (AvgIpc) is 3.46. The van der Waals surface area contributed by atoms with E-state index in [2.05, 4.69) is 17.4 Å². The van der Waals surface area contributed by atoms with Gasteiger partial charge in [-0.3, -0.25) is 9.59 Å². The Hall–Kier alpha value is -3.89. The zero-order valence-corrected chi connectivity index (χ0v) is 21.5. The van der Waals surface area contributed by atoms with Crippen LogP contribution in [-0.2, 0) is 16.0 Å². The first kappa shape index (κ1) is 29.7. The van der Waals surface area contributed by atoms with Gasteiger partial charge in [0.25, 0.3) is 11.2 Å². The maximum atomic E-state index is 12.6. The molecule has 9 nitrogen and oxygen atoms in total. The summed E-state index contributed by atoms with van der Waals surface area (Å²) >= 11 is 5.81. The summed E-state index contributed by atoms with van der Waals surface area (Å²) in [4.78, 5) is 48.5. The maximum Gasteiger partial charge on any atom is 0.348 e. The van der Waals surface area contributed by atoms with E-state index in [9.17, 15) is 39.6 Å². The molecule has 1 fully saturated rings.